The molecular weight excluding hydrogens is 603 g/mol. The van der Waals surface area contributed by atoms with Gasteiger partial charge in [-0.3, -0.25) is 19.9 Å². The third-order valence-electron chi connectivity index (χ3n) is 8.57. The van der Waals surface area contributed by atoms with Crippen molar-refractivity contribution in [1.29, 1.82) is 0 Å². The van der Waals surface area contributed by atoms with Gasteiger partial charge in [0.25, 0.3) is 0 Å². The summed E-state index contributed by atoms with van der Waals surface area (Å²) in [5.74, 6) is 2.76. The van der Waals surface area contributed by atoms with Crippen LogP contribution in [0.2, 0.25) is 10.0 Å². The zero-order chi connectivity index (χ0) is 31.7. The summed E-state index contributed by atoms with van der Waals surface area (Å²) in [6.07, 6.45) is 13.7. The van der Waals surface area contributed by atoms with Crippen molar-refractivity contribution >= 4 is 51.2 Å². The van der Waals surface area contributed by atoms with Crippen molar-refractivity contribution < 1.29 is 0 Å². The maximum atomic E-state index is 6.88. The van der Waals surface area contributed by atoms with Gasteiger partial charge in [0.1, 0.15) is 0 Å². The van der Waals surface area contributed by atoms with E-state index in [1.165, 1.54) is 0 Å². The summed E-state index contributed by atoms with van der Waals surface area (Å²) in [6, 6.07) is 15.6. The number of piperidine rings is 1. The zero-order valence-corrected chi connectivity index (χ0v) is 27.5. The summed E-state index contributed by atoms with van der Waals surface area (Å²) in [6.45, 7) is 11.0. The van der Waals surface area contributed by atoms with E-state index >= 15 is 0 Å². The average Bonchev–Trinajstić information content (AvgIpc) is 3.51. The molecule has 10 heteroatoms. The lowest BCUT2D eigenvalue weighted by Crippen LogP contribution is -2.52. The number of hydrogen-bond acceptors (Lipinski definition) is 8. The van der Waals surface area contributed by atoms with E-state index in [-0.39, 0.29) is 11.6 Å². The fraction of sp³-hybridized carbons (Fsp3) is 0.314. The van der Waals surface area contributed by atoms with Gasteiger partial charge in [-0.2, -0.15) is 0 Å². The first-order valence-electron chi connectivity index (χ1n) is 15.2. The van der Waals surface area contributed by atoms with E-state index in [1.54, 1.807) is 6.20 Å². The van der Waals surface area contributed by atoms with E-state index in [1.807, 2.05) is 55.6 Å². The van der Waals surface area contributed by atoms with E-state index in [9.17, 15) is 0 Å². The average molecular weight is 642 g/mol. The van der Waals surface area contributed by atoms with Crippen molar-refractivity contribution in [2.24, 2.45) is 0 Å². The highest BCUT2D eigenvalue weighted by molar-refractivity contribution is 6.36. The maximum Gasteiger partial charge on any atom is 0.0961 e. The van der Waals surface area contributed by atoms with Crippen LogP contribution in [0.1, 0.15) is 56.5 Å². The Kier molecular flexibility index (Phi) is 8.80. The molecule has 2 aromatic carbocycles. The maximum absolute atomic E-state index is 6.88. The Balaban J connectivity index is 1.35. The first kappa shape index (κ1) is 31.0. The molecule has 8 nitrogen and oxygen atoms in total. The number of likely N-dealkylation sites (tertiary alicyclic amines) is 1. The Morgan fingerprint density at radius 2 is 1.84 bits per heavy atom. The Hall–Kier alpha value is -4.00. The van der Waals surface area contributed by atoms with Gasteiger partial charge in [0.05, 0.1) is 33.5 Å². The number of halogens is 2. The summed E-state index contributed by atoms with van der Waals surface area (Å²) in [5.41, 5.74) is 13.6. The number of nitrogens with zero attached hydrogens (tertiary/aromatic N) is 4. The highest BCUT2D eigenvalue weighted by Gasteiger charge is 2.32. The molecule has 0 saturated carbocycles. The number of rotatable bonds is 7. The fourth-order valence-electron chi connectivity index (χ4n) is 6.09. The van der Waals surface area contributed by atoms with Gasteiger partial charge in [0.2, 0.25) is 0 Å². The summed E-state index contributed by atoms with van der Waals surface area (Å²) in [4.78, 5) is 11.8. The zero-order valence-electron chi connectivity index (χ0n) is 26.0. The molecule has 1 atom stereocenters. The molecule has 0 radical (unpaired) electrons. The molecular formula is C35H38Cl2N8. The largest absolute Gasteiger partial charge is 0.373 e. The van der Waals surface area contributed by atoms with Crippen LogP contribution in [-0.4, -0.2) is 44.5 Å². The molecule has 0 amide bonds. The lowest BCUT2D eigenvalue weighted by molar-refractivity contribution is 0.0570. The number of hydrazine groups is 2. The van der Waals surface area contributed by atoms with E-state index in [4.69, 9.17) is 29.6 Å². The van der Waals surface area contributed by atoms with E-state index < -0.39 is 0 Å². The molecule has 4 heterocycles. The van der Waals surface area contributed by atoms with Crippen LogP contribution in [0.3, 0.4) is 0 Å². The van der Waals surface area contributed by atoms with Crippen LogP contribution in [-0.2, 0) is 0 Å². The van der Waals surface area contributed by atoms with Crippen molar-refractivity contribution in [3.8, 4) is 12.3 Å². The summed E-state index contributed by atoms with van der Waals surface area (Å²) < 4.78 is 0. The second-order valence-corrected chi connectivity index (χ2v) is 13.4. The molecule has 1 fully saturated rings. The van der Waals surface area contributed by atoms with Crippen molar-refractivity contribution in [3.63, 3.8) is 0 Å². The number of aromatic nitrogens is 2. The first-order chi connectivity index (χ1) is 21.6. The van der Waals surface area contributed by atoms with E-state index in [2.05, 4.69) is 80.4 Å². The third kappa shape index (κ3) is 6.68. The van der Waals surface area contributed by atoms with Crippen LogP contribution in [0.15, 0.2) is 72.8 Å². The number of fused-ring (bicyclic) bond motifs is 1. The van der Waals surface area contributed by atoms with Crippen LogP contribution in [0.5, 0.6) is 0 Å². The van der Waals surface area contributed by atoms with Crippen LogP contribution in [0.4, 0.5) is 17.1 Å². The minimum Gasteiger partial charge on any atom is -0.373 e. The second-order valence-electron chi connectivity index (χ2n) is 12.6. The van der Waals surface area contributed by atoms with Crippen molar-refractivity contribution in [2.75, 3.05) is 23.7 Å². The quantitative estimate of drug-likeness (QED) is 0.154. The van der Waals surface area contributed by atoms with Crippen LogP contribution in [0, 0.1) is 19.3 Å². The van der Waals surface area contributed by atoms with Crippen LogP contribution in [0.25, 0.3) is 10.9 Å². The monoisotopic (exact) mass is 640 g/mol. The van der Waals surface area contributed by atoms with Crippen molar-refractivity contribution in [1.82, 2.24) is 30.8 Å². The Morgan fingerprint density at radius 3 is 2.56 bits per heavy atom. The lowest BCUT2D eigenvalue weighted by Gasteiger charge is -2.42. The third-order valence-corrected chi connectivity index (χ3v) is 9.09. The predicted octanol–water partition coefficient (Wildman–Crippen LogP) is 7.55. The molecule has 0 aliphatic carbocycles. The van der Waals surface area contributed by atoms with Crippen molar-refractivity contribution in [2.45, 2.75) is 58.2 Å². The summed E-state index contributed by atoms with van der Waals surface area (Å²) in [7, 11) is 0. The van der Waals surface area contributed by atoms with E-state index in [0.29, 0.717) is 27.2 Å². The second kappa shape index (κ2) is 12.8. The predicted molar refractivity (Wildman–Crippen MR) is 185 cm³/mol. The number of nitrogens with one attached hydrogen (secondary N) is 4. The van der Waals surface area contributed by atoms with Crippen LogP contribution < -0.4 is 21.6 Å². The molecule has 6 rings (SSSR count). The number of benzene rings is 2. The molecule has 45 heavy (non-hydrogen) atoms. The molecule has 4 N–H and O–H groups in total. The van der Waals surface area contributed by atoms with Gasteiger partial charge < -0.3 is 16.1 Å². The Labute approximate surface area is 275 Å². The van der Waals surface area contributed by atoms with Gasteiger partial charge >= 0.3 is 0 Å². The van der Waals surface area contributed by atoms with E-state index in [0.717, 1.165) is 65.3 Å². The molecule has 2 aromatic heterocycles. The normalized spacial score (nSPS) is 16.6. The first-order valence-corrected chi connectivity index (χ1v) is 15.9. The standard InChI is InChI=1S/C35H38Cl2N8/c1-6-23-20-39-33-29(32(23)40-25-10-7-9-24(36)17-25)18-26(19-30(33)37)41-34(28-11-8-14-38-22(28)2)31-21-45(43-42-31)27-12-15-44(16-13-27)35(3,4)5/h1,7-11,14,17-21,27,34,41-43H,12-13,15-16H2,2-5H3,(H,39,40)/t34-/m0/s1. The smallest absolute Gasteiger partial charge is 0.0961 e. The van der Waals surface area contributed by atoms with Gasteiger partial charge in [-0.1, -0.05) is 41.3 Å². The molecule has 0 unspecified atom stereocenters. The number of terminal acetylenes is 1. The Bertz CT molecular complexity index is 1780. The van der Waals surface area contributed by atoms with Gasteiger partial charge in [-0.25, -0.2) is 0 Å². The van der Waals surface area contributed by atoms with Gasteiger partial charge in [0, 0.05) is 76.3 Å². The van der Waals surface area contributed by atoms with Crippen LogP contribution >= 0.6 is 23.2 Å². The molecule has 2 aliphatic rings. The lowest BCUT2D eigenvalue weighted by atomic mass is 9.97. The molecule has 1 saturated heterocycles. The number of pyridine rings is 2. The number of anilines is 3. The molecule has 232 valence electrons. The molecule has 4 aromatic rings. The minimum atomic E-state index is -0.243. The SMILES string of the molecule is C#Cc1cnc2c(Cl)cc(N[C@H](C3=CN(C4CCN(C(C)(C)C)CC4)NN3)c3cccnc3C)cc2c1Nc1cccc(Cl)c1. The fourth-order valence-corrected chi connectivity index (χ4v) is 6.55. The van der Waals surface area contributed by atoms with Gasteiger partial charge in [-0.05, 0) is 76.9 Å². The topological polar surface area (TPSA) is 80.4 Å². The highest BCUT2D eigenvalue weighted by Crippen LogP contribution is 2.37. The number of hydrogen-bond donors (Lipinski definition) is 4. The molecule has 0 spiro atoms. The number of aryl methyl sites for hydroxylation is 1. The van der Waals surface area contributed by atoms with Gasteiger partial charge in [0.15, 0.2) is 0 Å². The Morgan fingerprint density at radius 1 is 1.04 bits per heavy atom. The molecule has 0 bridgehead atoms. The highest BCUT2D eigenvalue weighted by atomic mass is 35.5. The minimum absolute atomic E-state index is 0.177. The van der Waals surface area contributed by atoms with Crippen molar-refractivity contribution in [3.05, 3.63) is 99.7 Å². The summed E-state index contributed by atoms with van der Waals surface area (Å²) in [5, 5.41) is 11.3. The van der Waals surface area contributed by atoms with Gasteiger partial charge in [-0.15, -0.1) is 12.0 Å². The molecule has 2 aliphatic heterocycles. The summed E-state index contributed by atoms with van der Waals surface area (Å²) >= 11 is 13.2.